The quantitative estimate of drug-likeness (QED) is 0.860. The predicted molar refractivity (Wildman–Crippen MR) is 81.7 cm³/mol. The topological polar surface area (TPSA) is 44.5 Å². The van der Waals surface area contributed by atoms with Crippen LogP contribution in [0.15, 0.2) is 35.7 Å². The van der Waals surface area contributed by atoms with Gasteiger partial charge in [-0.1, -0.05) is 24.0 Å². The fourth-order valence-electron chi connectivity index (χ4n) is 1.75. The minimum atomic E-state index is 0.370. The summed E-state index contributed by atoms with van der Waals surface area (Å²) in [4.78, 5) is 1.11. The van der Waals surface area contributed by atoms with Gasteiger partial charge in [-0.15, -0.1) is 11.3 Å². The Balaban J connectivity index is 2.01. The molecule has 1 aromatic heterocycles. The Morgan fingerprint density at radius 2 is 2.15 bits per heavy atom. The predicted octanol–water partition coefficient (Wildman–Crippen LogP) is 2.78. The molecule has 0 bridgehead atoms. The van der Waals surface area contributed by atoms with Crippen LogP contribution in [0.5, 0.6) is 5.75 Å². The van der Waals surface area contributed by atoms with Crippen LogP contribution >= 0.6 is 11.3 Å². The molecule has 1 heterocycles. The number of ether oxygens (including phenoxy) is 2. The third-order valence-electron chi connectivity index (χ3n) is 2.65. The highest BCUT2D eigenvalue weighted by molar-refractivity contribution is 7.10. The Hall–Kier alpha value is -1.80. The third kappa shape index (κ3) is 4.10. The van der Waals surface area contributed by atoms with Gasteiger partial charge in [-0.2, -0.15) is 0 Å². The van der Waals surface area contributed by atoms with Crippen LogP contribution in [0, 0.1) is 11.8 Å². The third-order valence-corrected chi connectivity index (χ3v) is 3.54. The molecule has 0 atom stereocenters. The van der Waals surface area contributed by atoms with Crippen LogP contribution in [0.2, 0.25) is 0 Å². The first-order valence-electron chi connectivity index (χ1n) is 6.29. The van der Waals surface area contributed by atoms with E-state index in [1.165, 1.54) is 0 Å². The second-order valence-corrected chi connectivity index (χ2v) is 5.13. The van der Waals surface area contributed by atoms with E-state index >= 15 is 0 Å². The first-order chi connectivity index (χ1) is 9.83. The minimum absolute atomic E-state index is 0.370. The van der Waals surface area contributed by atoms with Crippen LogP contribution in [0.3, 0.4) is 0 Å². The number of thiophene rings is 1. The molecule has 20 heavy (non-hydrogen) atoms. The Labute approximate surface area is 123 Å². The van der Waals surface area contributed by atoms with Crippen molar-refractivity contribution < 1.29 is 9.47 Å². The average Bonchev–Trinajstić information content (AvgIpc) is 2.91. The van der Waals surface area contributed by atoms with E-state index in [9.17, 15) is 0 Å². The van der Waals surface area contributed by atoms with Crippen molar-refractivity contribution in [2.75, 3.05) is 13.7 Å². The number of hydrogen-bond donors (Lipinski definition) is 1. The molecule has 2 aromatic rings. The highest BCUT2D eigenvalue weighted by Crippen LogP contribution is 2.20. The fraction of sp³-hybridized carbons (Fsp3) is 0.250. The van der Waals surface area contributed by atoms with Gasteiger partial charge in [0.1, 0.15) is 12.4 Å². The van der Waals surface area contributed by atoms with Crippen LogP contribution < -0.4 is 10.5 Å². The number of methoxy groups -OCH3 is 1. The van der Waals surface area contributed by atoms with Gasteiger partial charge in [0, 0.05) is 12.7 Å². The van der Waals surface area contributed by atoms with Gasteiger partial charge >= 0.3 is 0 Å². The van der Waals surface area contributed by atoms with Crippen molar-refractivity contribution in [3.63, 3.8) is 0 Å². The summed E-state index contributed by atoms with van der Waals surface area (Å²) in [6.45, 7) is 1.47. The second-order valence-electron chi connectivity index (χ2n) is 4.13. The SMILES string of the molecule is COCc1cccc(OCc2sccc2C#CCN)c1. The smallest absolute Gasteiger partial charge is 0.124 e. The molecule has 0 aliphatic rings. The van der Waals surface area contributed by atoms with Crippen molar-refractivity contribution in [2.45, 2.75) is 13.2 Å². The standard InChI is InChI=1S/C16H17NO2S/c1-18-11-13-4-2-6-15(10-13)19-12-16-14(5-3-8-17)7-9-20-16/h2,4,6-7,9-10H,8,11-12,17H2,1H3. The molecule has 0 fully saturated rings. The zero-order valence-electron chi connectivity index (χ0n) is 11.4. The number of hydrogen-bond acceptors (Lipinski definition) is 4. The van der Waals surface area contributed by atoms with E-state index in [4.69, 9.17) is 15.2 Å². The highest BCUT2D eigenvalue weighted by atomic mass is 32.1. The monoisotopic (exact) mass is 287 g/mol. The fourth-order valence-corrected chi connectivity index (χ4v) is 2.49. The Morgan fingerprint density at radius 1 is 1.25 bits per heavy atom. The first-order valence-corrected chi connectivity index (χ1v) is 7.17. The summed E-state index contributed by atoms with van der Waals surface area (Å²) < 4.78 is 10.9. The molecule has 2 N–H and O–H groups in total. The molecule has 2 rings (SSSR count). The largest absolute Gasteiger partial charge is 0.488 e. The van der Waals surface area contributed by atoms with E-state index in [0.29, 0.717) is 19.8 Å². The van der Waals surface area contributed by atoms with Crippen LogP contribution in [-0.2, 0) is 18.0 Å². The normalized spacial score (nSPS) is 9.90. The summed E-state index contributed by atoms with van der Waals surface area (Å²) in [5.74, 6) is 6.76. The minimum Gasteiger partial charge on any atom is -0.488 e. The summed E-state index contributed by atoms with van der Waals surface area (Å²) in [6, 6.07) is 9.90. The maximum Gasteiger partial charge on any atom is 0.124 e. The van der Waals surface area contributed by atoms with E-state index in [0.717, 1.165) is 21.8 Å². The van der Waals surface area contributed by atoms with Crippen molar-refractivity contribution in [3.05, 3.63) is 51.7 Å². The van der Waals surface area contributed by atoms with Crippen LogP contribution in [0.4, 0.5) is 0 Å². The Morgan fingerprint density at radius 3 is 2.95 bits per heavy atom. The van der Waals surface area contributed by atoms with E-state index in [2.05, 4.69) is 11.8 Å². The molecule has 1 aromatic carbocycles. The van der Waals surface area contributed by atoms with Crippen molar-refractivity contribution in [3.8, 4) is 17.6 Å². The van der Waals surface area contributed by atoms with Crippen molar-refractivity contribution >= 4 is 11.3 Å². The van der Waals surface area contributed by atoms with Crippen molar-refractivity contribution in [2.24, 2.45) is 5.73 Å². The zero-order chi connectivity index (χ0) is 14.2. The summed E-state index contributed by atoms with van der Waals surface area (Å²) in [7, 11) is 1.68. The molecule has 0 amide bonds. The molecule has 104 valence electrons. The molecule has 0 aliphatic heterocycles. The van der Waals surface area contributed by atoms with E-state index in [-0.39, 0.29) is 0 Å². The molecular formula is C16H17NO2S. The lowest BCUT2D eigenvalue weighted by Crippen LogP contribution is -1.97. The van der Waals surface area contributed by atoms with Gasteiger partial charge in [0.05, 0.1) is 18.0 Å². The average molecular weight is 287 g/mol. The van der Waals surface area contributed by atoms with Gasteiger partial charge in [0.15, 0.2) is 0 Å². The molecule has 3 nitrogen and oxygen atoms in total. The van der Waals surface area contributed by atoms with Crippen molar-refractivity contribution in [1.82, 2.24) is 0 Å². The van der Waals surface area contributed by atoms with E-state index in [1.807, 2.05) is 35.7 Å². The maximum atomic E-state index is 5.81. The highest BCUT2D eigenvalue weighted by Gasteiger charge is 2.03. The summed E-state index contributed by atoms with van der Waals surface area (Å²) in [5.41, 5.74) is 7.48. The van der Waals surface area contributed by atoms with Crippen LogP contribution in [-0.4, -0.2) is 13.7 Å². The molecular weight excluding hydrogens is 270 g/mol. The van der Waals surface area contributed by atoms with Gasteiger partial charge in [-0.3, -0.25) is 0 Å². The Bertz CT molecular complexity index is 610. The van der Waals surface area contributed by atoms with E-state index < -0.39 is 0 Å². The van der Waals surface area contributed by atoms with Gasteiger partial charge in [-0.05, 0) is 29.1 Å². The second kappa shape index (κ2) is 7.71. The molecule has 0 aliphatic carbocycles. The lowest BCUT2D eigenvalue weighted by molar-refractivity contribution is 0.184. The lowest BCUT2D eigenvalue weighted by atomic mass is 10.2. The molecule has 0 unspecified atom stereocenters. The summed E-state index contributed by atoms with van der Waals surface area (Å²) in [5, 5.41) is 2.01. The van der Waals surface area contributed by atoms with E-state index in [1.54, 1.807) is 18.4 Å². The van der Waals surface area contributed by atoms with Gasteiger partial charge in [0.2, 0.25) is 0 Å². The summed E-state index contributed by atoms with van der Waals surface area (Å²) >= 11 is 1.64. The molecule has 0 saturated carbocycles. The van der Waals surface area contributed by atoms with Gasteiger partial charge < -0.3 is 15.2 Å². The number of rotatable bonds is 5. The Kier molecular flexibility index (Phi) is 5.63. The first kappa shape index (κ1) is 14.6. The number of benzene rings is 1. The lowest BCUT2D eigenvalue weighted by Gasteiger charge is -2.07. The van der Waals surface area contributed by atoms with Crippen molar-refractivity contribution in [1.29, 1.82) is 0 Å². The zero-order valence-corrected chi connectivity index (χ0v) is 12.2. The van der Waals surface area contributed by atoms with Gasteiger partial charge in [-0.25, -0.2) is 0 Å². The molecule has 0 spiro atoms. The van der Waals surface area contributed by atoms with Crippen LogP contribution in [0.1, 0.15) is 16.0 Å². The molecule has 4 heteroatoms. The van der Waals surface area contributed by atoms with Crippen LogP contribution in [0.25, 0.3) is 0 Å². The molecule has 0 saturated heterocycles. The van der Waals surface area contributed by atoms with Gasteiger partial charge in [0.25, 0.3) is 0 Å². The maximum absolute atomic E-state index is 5.81. The summed E-state index contributed by atoms with van der Waals surface area (Å²) in [6.07, 6.45) is 0. The molecule has 0 radical (unpaired) electrons. The number of nitrogens with two attached hydrogens (primary N) is 1.